The number of hydrogen-bond donors (Lipinski definition) is 1. The molecule has 26 heavy (non-hydrogen) atoms. The molecule has 0 radical (unpaired) electrons. The zero-order chi connectivity index (χ0) is 19.3. The van der Waals surface area contributed by atoms with Crippen molar-refractivity contribution in [3.8, 4) is 6.07 Å². The molecule has 2 aromatic rings. The van der Waals surface area contributed by atoms with Crippen LogP contribution in [0, 0.1) is 18.3 Å². The molecule has 0 fully saturated rings. The standard InChI is InChI=1S/C17H14Cl3N3O2S/c1-9-3-10(7-25-2)11(6-21)17(22-9)26-8-16(24)23-15-5-13(19)12(18)4-14(15)20/h3-5H,7-8H2,1-2H3,(H,23,24). The quantitative estimate of drug-likeness (QED) is 0.510. The summed E-state index contributed by atoms with van der Waals surface area (Å²) in [5.41, 5.74) is 2.25. The number of rotatable bonds is 6. The number of nitrogens with one attached hydrogen (secondary N) is 1. The lowest BCUT2D eigenvalue weighted by atomic mass is 10.1. The molecule has 9 heteroatoms. The van der Waals surface area contributed by atoms with E-state index in [1.807, 2.05) is 6.92 Å². The molecule has 136 valence electrons. The number of carbonyl (C=O) groups is 1. The third-order valence-electron chi connectivity index (χ3n) is 3.23. The van der Waals surface area contributed by atoms with E-state index in [0.29, 0.717) is 27.9 Å². The second kappa shape index (κ2) is 9.45. The number of carbonyl (C=O) groups excluding carboxylic acids is 1. The van der Waals surface area contributed by atoms with Crippen LogP contribution in [-0.4, -0.2) is 23.8 Å². The van der Waals surface area contributed by atoms with E-state index >= 15 is 0 Å². The van der Waals surface area contributed by atoms with Gasteiger partial charge in [-0.05, 0) is 30.7 Å². The van der Waals surface area contributed by atoms with Crippen LogP contribution in [0.5, 0.6) is 0 Å². The Morgan fingerprint density at radius 3 is 2.62 bits per heavy atom. The van der Waals surface area contributed by atoms with Crippen molar-refractivity contribution in [2.45, 2.75) is 18.6 Å². The number of thioether (sulfide) groups is 1. The molecule has 2 rings (SSSR count). The van der Waals surface area contributed by atoms with Crippen LogP contribution in [-0.2, 0) is 16.1 Å². The number of aromatic nitrogens is 1. The minimum atomic E-state index is -0.309. The van der Waals surface area contributed by atoms with E-state index in [1.54, 1.807) is 13.2 Å². The molecule has 1 amide bonds. The largest absolute Gasteiger partial charge is 0.380 e. The summed E-state index contributed by atoms with van der Waals surface area (Å²) in [7, 11) is 1.55. The first kappa shape index (κ1) is 20.8. The van der Waals surface area contributed by atoms with E-state index in [4.69, 9.17) is 39.5 Å². The number of amides is 1. The maximum atomic E-state index is 12.2. The molecule has 1 aromatic carbocycles. The third-order valence-corrected chi connectivity index (χ3v) is 5.24. The number of pyridine rings is 1. The summed E-state index contributed by atoms with van der Waals surface area (Å²) < 4.78 is 5.11. The van der Waals surface area contributed by atoms with Gasteiger partial charge < -0.3 is 10.1 Å². The Bertz CT molecular complexity index is 885. The predicted molar refractivity (Wildman–Crippen MR) is 105 cm³/mol. The summed E-state index contributed by atoms with van der Waals surface area (Å²) in [6, 6.07) is 6.86. The highest BCUT2D eigenvalue weighted by molar-refractivity contribution is 8.00. The summed E-state index contributed by atoms with van der Waals surface area (Å²) in [5.74, 6) is -0.260. The fourth-order valence-corrected chi connectivity index (χ4v) is 3.61. The van der Waals surface area contributed by atoms with Gasteiger partial charge in [0.25, 0.3) is 0 Å². The van der Waals surface area contributed by atoms with Crippen LogP contribution < -0.4 is 5.32 Å². The number of anilines is 1. The van der Waals surface area contributed by atoms with Crippen LogP contribution in [0.2, 0.25) is 15.1 Å². The van der Waals surface area contributed by atoms with E-state index in [9.17, 15) is 10.1 Å². The zero-order valence-corrected chi connectivity index (χ0v) is 17.0. The average molecular weight is 431 g/mol. The molecule has 0 atom stereocenters. The van der Waals surface area contributed by atoms with Crippen LogP contribution in [0.4, 0.5) is 5.69 Å². The number of benzene rings is 1. The van der Waals surface area contributed by atoms with Crippen LogP contribution in [0.3, 0.4) is 0 Å². The average Bonchev–Trinajstić information content (AvgIpc) is 2.58. The molecule has 0 spiro atoms. The number of hydrogen-bond acceptors (Lipinski definition) is 5. The highest BCUT2D eigenvalue weighted by atomic mass is 35.5. The molecule has 0 saturated heterocycles. The van der Waals surface area contributed by atoms with E-state index in [-0.39, 0.29) is 21.7 Å². The van der Waals surface area contributed by atoms with Gasteiger partial charge in [-0.15, -0.1) is 0 Å². The fraction of sp³-hybridized carbons (Fsp3) is 0.235. The van der Waals surface area contributed by atoms with Gasteiger partial charge in [0.15, 0.2) is 0 Å². The van der Waals surface area contributed by atoms with Gasteiger partial charge in [-0.3, -0.25) is 4.79 Å². The monoisotopic (exact) mass is 429 g/mol. The van der Waals surface area contributed by atoms with Gasteiger partial charge in [0, 0.05) is 12.8 Å². The highest BCUT2D eigenvalue weighted by Crippen LogP contribution is 2.32. The Morgan fingerprint density at radius 1 is 1.27 bits per heavy atom. The van der Waals surface area contributed by atoms with Gasteiger partial charge in [-0.2, -0.15) is 5.26 Å². The first-order valence-electron chi connectivity index (χ1n) is 7.32. The molecule has 0 unspecified atom stereocenters. The van der Waals surface area contributed by atoms with Crippen LogP contribution >= 0.6 is 46.6 Å². The first-order chi connectivity index (χ1) is 12.3. The minimum Gasteiger partial charge on any atom is -0.380 e. The van der Waals surface area contributed by atoms with E-state index in [0.717, 1.165) is 23.0 Å². The van der Waals surface area contributed by atoms with Gasteiger partial charge in [-0.1, -0.05) is 46.6 Å². The number of halogens is 3. The van der Waals surface area contributed by atoms with Gasteiger partial charge in [0.05, 0.1) is 38.7 Å². The zero-order valence-electron chi connectivity index (χ0n) is 13.9. The second-order valence-corrected chi connectivity index (χ2v) is 7.42. The maximum Gasteiger partial charge on any atom is 0.234 e. The number of aryl methyl sites for hydroxylation is 1. The Kier molecular flexibility index (Phi) is 7.56. The Labute approximate surface area is 170 Å². The molecule has 0 saturated carbocycles. The number of nitriles is 1. The minimum absolute atomic E-state index is 0.0497. The third kappa shape index (κ3) is 5.26. The van der Waals surface area contributed by atoms with Gasteiger partial charge >= 0.3 is 0 Å². The fourth-order valence-electron chi connectivity index (χ4n) is 2.14. The lowest BCUT2D eigenvalue weighted by Crippen LogP contribution is -2.15. The van der Waals surface area contributed by atoms with Crippen molar-refractivity contribution in [3.05, 3.63) is 50.1 Å². The van der Waals surface area contributed by atoms with E-state index in [2.05, 4.69) is 16.4 Å². The normalized spacial score (nSPS) is 10.5. The molecule has 5 nitrogen and oxygen atoms in total. The topological polar surface area (TPSA) is 75.0 Å². The van der Waals surface area contributed by atoms with E-state index < -0.39 is 0 Å². The van der Waals surface area contributed by atoms with Crippen molar-refractivity contribution in [2.75, 3.05) is 18.2 Å². The summed E-state index contributed by atoms with van der Waals surface area (Å²) >= 11 is 19.0. The summed E-state index contributed by atoms with van der Waals surface area (Å²) in [4.78, 5) is 16.6. The Morgan fingerprint density at radius 2 is 1.96 bits per heavy atom. The lowest BCUT2D eigenvalue weighted by molar-refractivity contribution is -0.113. The summed E-state index contributed by atoms with van der Waals surface area (Å²) in [6.07, 6.45) is 0. The molecule has 1 aromatic heterocycles. The summed E-state index contributed by atoms with van der Waals surface area (Å²) in [5, 5.41) is 13.4. The number of nitrogens with zero attached hydrogens (tertiary/aromatic N) is 2. The second-order valence-electron chi connectivity index (χ2n) is 5.23. The van der Waals surface area contributed by atoms with Crippen molar-refractivity contribution in [3.63, 3.8) is 0 Å². The highest BCUT2D eigenvalue weighted by Gasteiger charge is 2.15. The van der Waals surface area contributed by atoms with Crippen LogP contribution in [0.15, 0.2) is 23.2 Å². The van der Waals surface area contributed by atoms with Crippen LogP contribution in [0.1, 0.15) is 16.8 Å². The van der Waals surface area contributed by atoms with Crippen LogP contribution in [0.25, 0.3) is 0 Å². The van der Waals surface area contributed by atoms with Crippen molar-refractivity contribution in [1.29, 1.82) is 5.26 Å². The number of ether oxygens (including phenoxy) is 1. The Balaban J connectivity index is 2.13. The molecule has 0 aliphatic heterocycles. The lowest BCUT2D eigenvalue weighted by Gasteiger charge is -2.11. The van der Waals surface area contributed by atoms with Crippen molar-refractivity contribution < 1.29 is 9.53 Å². The SMILES string of the molecule is COCc1cc(C)nc(SCC(=O)Nc2cc(Cl)c(Cl)cc2Cl)c1C#N. The predicted octanol–water partition coefficient (Wildman–Crippen LogP) is 5.10. The van der Waals surface area contributed by atoms with Crippen molar-refractivity contribution in [2.24, 2.45) is 0 Å². The van der Waals surface area contributed by atoms with E-state index in [1.165, 1.54) is 12.1 Å². The van der Waals surface area contributed by atoms with Crippen molar-refractivity contribution in [1.82, 2.24) is 4.98 Å². The number of methoxy groups -OCH3 is 1. The molecule has 0 aliphatic carbocycles. The van der Waals surface area contributed by atoms with Gasteiger partial charge in [0.2, 0.25) is 5.91 Å². The maximum absolute atomic E-state index is 12.2. The molecule has 1 N–H and O–H groups in total. The molecule has 1 heterocycles. The molecular weight excluding hydrogens is 417 g/mol. The smallest absolute Gasteiger partial charge is 0.234 e. The molecule has 0 bridgehead atoms. The first-order valence-corrected chi connectivity index (χ1v) is 9.44. The van der Waals surface area contributed by atoms with Gasteiger partial charge in [0.1, 0.15) is 11.1 Å². The molecule has 0 aliphatic rings. The van der Waals surface area contributed by atoms with Crippen molar-refractivity contribution >= 4 is 58.2 Å². The van der Waals surface area contributed by atoms with Gasteiger partial charge in [-0.25, -0.2) is 4.98 Å². The molecular formula is C17H14Cl3N3O2S. The summed E-state index contributed by atoms with van der Waals surface area (Å²) in [6.45, 7) is 2.12. The Hall–Kier alpha value is -1.49.